The Bertz CT molecular complexity index is 1650. The van der Waals surface area contributed by atoms with Crippen LogP contribution in [0.4, 0.5) is 0 Å². The van der Waals surface area contributed by atoms with Crippen molar-refractivity contribution in [2.75, 3.05) is 0 Å². The van der Waals surface area contributed by atoms with Gasteiger partial charge in [0, 0.05) is 28.6 Å². The molecule has 0 spiro atoms. The van der Waals surface area contributed by atoms with E-state index in [0.717, 1.165) is 33.3 Å². The Kier molecular flexibility index (Phi) is 4.12. The Balaban J connectivity index is 1.61. The summed E-state index contributed by atoms with van der Waals surface area (Å²) >= 11 is 0. The van der Waals surface area contributed by atoms with Gasteiger partial charge in [0.15, 0.2) is 6.20 Å². The zero-order valence-corrected chi connectivity index (χ0v) is 18.4. The van der Waals surface area contributed by atoms with Crippen LogP contribution >= 0.6 is 0 Å². The molecule has 0 atom stereocenters. The first-order valence-electron chi connectivity index (χ1n) is 10.9. The van der Waals surface area contributed by atoms with Crippen molar-refractivity contribution in [3.8, 4) is 22.4 Å². The average molecular weight is 416 g/mol. The van der Waals surface area contributed by atoms with E-state index in [2.05, 4.69) is 97.5 Å². The van der Waals surface area contributed by atoms with Gasteiger partial charge in [-0.15, -0.1) is 0 Å². The highest BCUT2D eigenvalue weighted by Crippen LogP contribution is 2.37. The van der Waals surface area contributed by atoms with Crippen LogP contribution in [0.15, 0.2) is 89.5 Å². The second-order valence-corrected chi connectivity index (χ2v) is 8.47. The van der Waals surface area contributed by atoms with E-state index in [-0.39, 0.29) is 0 Å². The van der Waals surface area contributed by atoms with Crippen molar-refractivity contribution in [3.63, 3.8) is 0 Å². The van der Waals surface area contributed by atoms with Crippen molar-refractivity contribution < 1.29 is 8.98 Å². The van der Waals surface area contributed by atoms with Crippen LogP contribution in [0.1, 0.15) is 11.3 Å². The number of fused-ring (bicyclic) bond motifs is 5. The maximum atomic E-state index is 6.29. The first-order valence-corrected chi connectivity index (χ1v) is 10.9. The molecule has 0 fully saturated rings. The molecule has 3 aromatic carbocycles. The van der Waals surface area contributed by atoms with Gasteiger partial charge < -0.3 is 4.42 Å². The third-order valence-corrected chi connectivity index (χ3v) is 6.40. The molecule has 0 saturated heterocycles. The fourth-order valence-electron chi connectivity index (χ4n) is 4.73. The maximum Gasteiger partial charge on any atom is 0.228 e. The van der Waals surface area contributed by atoms with Gasteiger partial charge in [0.1, 0.15) is 12.6 Å². The highest BCUT2D eigenvalue weighted by Gasteiger charge is 2.19. The second kappa shape index (κ2) is 7.03. The zero-order valence-electron chi connectivity index (χ0n) is 18.4. The minimum absolute atomic E-state index is 0.704. The summed E-state index contributed by atoms with van der Waals surface area (Å²) < 4.78 is 8.46. The predicted octanol–water partition coefficient (Wildman–Crippen LogP) is 6.91. The number of furan rings is 1. The fourth-order valence-corrected chi connectivity index (χ4v) is 4.73. The molecular formula is C29H23N2O+. The van der Waals surface area contributed by atoms with Crippen molar-refractivity contribution in [1.29, 1.82) is 0 Å². The number of hydrogen-bond donors (Lipinski definition) is 0. The van der Waals surface area contributed by atoms with E-state index in [1.807, 2.05) is 13.0 Å². The molecule has 3 aromatic heterocycles. The van der Waals surface area contributed by atoms with Crippen LogP contribution in [0.2, 0.25) is 0 Å². The van der Waals surface area contributed by atoms with E-state index in [1.165, 1.54) is 27.5 Å². The summed E-state index contributed by atoms with van der Waals surface area (Å²) in [5.74, 6) is 0. The minimum Gasteiger partial charge on any atom is -0.438 e. The van der Waals surface area contributed by atoms with Crippen molar-refractivity contribution in [3.05, 3.63) is 96.3 Å². The molecule has 0 aliphatic heterocycles. The van der Waals surface area contributed by atoms with Crippen LogP contribution in [-0.4, -0.2) is 4.98 Å². The van der Waals surface area contributed by atoms with Gasteiger partial charge in [0.2, 0.25) is 11.4 Å². The average Bonchev–Trinajstić information content (AvgIpc) is 3.17. The van der Waals surface area contributed by atoms with Crippen molar-refractivity contribution >= 4 is 32.8 Å². The highest BCUT2D eigenvalue weighted by atomic mass is 16.3. The van der Waals surface area contributed by atoms with E-state index in [0.29, 0.717) is 5.71 Å². The molecule has 0 unspecified atom stereocenters. The number of nitrogens with zero attached hydrogens (tertiary/aromatic N) is 2. The van der Waals surface area contributed by atoms with E-state index >= 15 is 0 Å². The molecule has 0 bridgehead atoms. The first-order chi connectivity index (χ1) is 15.6. The predicted molar refractivity (Wildman–Crippen MR) is 131 cm³/mol. The van der Waals surface area contributed by atoms with Crippen molar-refractivity contribution in [1.82, 2.24) is 4.98 Å². The zero-order chi connectivity index (χ0) is 21.8. The number of rotatable bonds is 2. The van der Waals surface area contributed by atoms with Crippen LogP contribution in [-0.2, 0) is 7.05 Å². The Morgan fingerprint density at radius 3 is 2.31 bits per heavy atom. The molecule has 6 aromatic rings. The number of hydrogen-bond acceptors (Lipinski definition) is 2. The van der Waals surface area contributed by atoms with Gasteiger partial charge in [-0.2, -0.15) is 0 Å². The molecule has 0 N–H and O–H groups in total. The van der Waals surface area contributed by atoms with Gasteiger partial charge in [-0.25, -0.2) is 9.55 Å². The summed E-state index contributed by atoms with van der Waals surface area (Å²) in [5, 5.41) is 4.58. The summed E-state index contributed by atoms with van der Waals surface area (Å²) in [7, 11) is 2.09. The Morgan fingerprint density at radius 2 is 1.50 bits per heavy atom. The Labute approximate surface area is 186 Å². The number of aryl methyl sites for hydroxylation is 3. The van der Waals surface area contributed by atoms with Gasteiger partial charge in [0.25, 0.3) is 0 Å². The number of aromatic nitrogens is 2. The molecular weight excluding hydrogens is 392 g/mol. The molecule has 0 saturated carbocycles. The molecule has 32 heavy (non-hydrogen) atoms. The normalized spacial score (nSPS) is 11.6. The molecule has 0 aliphatic carbocycles. The Morgan fingerprint density at radius 1 is 0.750 bits per heavy atom. The number of pyridine rings is 2. The van der Waals surface area contributed by atoms with Crippen LogP contribution < -0.4 is 4.57 Å². The third kappa shape index (κ3) is 2.82. The van der Waals surface area contributed by atoms with Crippen LogP contribution in [0.5, 0.6) is 0 Å². The monoisotopic (exact) mass is 415 g/mol. The van der Waals surface area contributed by atoms with Crippen molar-refractivity contribution in [2.24, 2.45) is 7.05 Å². The highest BCUT2D eigenvalue weighted by molar-refractivity contribution is 6.18. The van der Waals surface area contributed by atoms with Crippen LogP contribution in [0.25, 0.3) is 55.2 Å². The smallest absolute Gasteiger partial charge is 0.228 e. The van der Waals surface area contributed by atoms with E-state index in [9.17, 15) is 0 Å². The molecule has 0 amide bonds. The van der Waals surface area contributed by atoms with Gasteiger partial charge in [-0.05, 0) is 48.1 Å². The van der Waals surface area contributed by atoms with E-state index in [4.69, 9.17) is 9.40 Å². The van der Waals surface area contributed by atoms with Gasteiger partial charge in [-0.1, -0.05) is 54.6 Å². The van der Waals surface area contributed by atoms with Crippen molar-refractivity contribution in [2.45, 2.75) is 13.8 Å². The van der Waals surface area contributed by atoms with Gasteiger partial charge in [0.05, 0.1) is 10.9 Å². The quantitative estimate of drug-likeness (QED) is 0.288. The lowest BCUT2D eigenvalue weighted by Gasteiger charge is -2.08. The summed E-state index contributed by atoms with van der Waals surface area (Å²) in [6.07, 6.45) is 2.12. The third-order valence-electron chi connectivity index (χ3n) is 6.40. The van der Waals surface area contributed by atoms with Crippen LogP contribution in [0.3, 0.4) is 0 Å². The SMILES string of the molecule is Cc1cc2c(cc1-c1cc(-c3ccccc3)cc[n+]1C)oc1nc(C)c3ccccc3c12. The summed E-state index contributed by atoms with van der Waals surface area (Å²) in [6.45, 7) is 4.22. The van der Waals surface area contributed by atoms with Gasteiger partial charge >= 0.3 is 0 Å². The maximum absolute atomic E-state index is 6.29. The second-order valence-electron chi connectivity index (χ2n) is 8.47. The fraction of sp³-hybridized carbons (Fsp3) is 0.103. The molecule has 154 valence electrons. The minimum atomic E-state index is 0.704. The standard InChI is InChI=1S/C29H23N2O/c1-18-15-25-27(32-29-28(25)23-12-8-7-11-22(23)19(2)30-29)17-24(18)26-16-21(13-14-31(26)3)20-9-5-4-6-10-20/h4-17H,1-3H3/q+1. The van der Waals surface area contributed by atoms with Gasteiger partial charge in [-0.3, -0.25) is 0 Å². The summed E-state index contributed by atoms with van der Waals surface area (Å²) in [4.78, 5) is 4.77. The number of benzene rings is 3. The lowest BCUT2D eigenvalue weighted by molar-refractivity contribution is -0.660. The largest absolute Gasteiger partial charge is 0.438 e. The van der Waals surface area contributed by atoms with E-state index < -0.39 is 0 Å². The summed E-state index contributed by atoms with van der Waals surface area (Å²) in [5.41, 5.74) is 8.51. The Hall–Kier alpha value is -3.98. The van der Waals surface area contributed by atoms with Crippen LogP contribution in [0, 0.1) is 13.8 Å². The summed E-state index contributed by atoms with van der Waals surface area (Å²) in [6, 6.07) is 27.8. The lowest BCUT2D eigenvalue weighted by Crippen LogP contribution is -2.30. The first kappa shape index (κ1) is 18.8. The molecule has 0 radical (unpaired) electrons. The molecule has 6 rings (SSSR count). The van der Waals surface area contributed by atoms with E-state index in [1.54, 1.807) is 0 Å². The lowest BCUT2D eigenvalue weighted by atomic mass is 9.97. The topological polar surface area (TPSA) is 29.9 Å². The molecule has 3 heterocycles. The molecule has 0 aliphatic rings. The molecule has 3 heteroatoms. The molecule has 3 nitrogen and oxygen atoms in total.